The van der Waals surface area contributed by atoms with Gasteiger partial charge in [-0.05, 0) is 74.9 Å². The van der Waals surface area contributed by atoms with Crippen molar-refractivity contribution in [3.8, 4) is 17.2 Å². The third-order valence-corrected chi connectivity index (χ3v) is 7.94. The molecule has 1 aromatic heterocycles. The van der Waals surface area contributed by atoms with Crippen LogP contribution in [0, 0.1) is 0 Å². The van der Waals surface area contributed by atoms with E-state index in [-0.39, 0.29) is 30.3 Å². The molecule has 2 aliphatic rings. The molecular weight excluding hydrogens is 565 g/mol. The minimum atomic E-state index is -0.608. The van der Waals surface area contributed by atoms with Gasteiger partial charge in [-0.1, -0.05) is 48.2 Å². The van der Waals surface area contributed by atoms with E-state index in [2.05, 4.69) is 4.98 Å². The molecule has 0 aliphatic heterocycles. The number of rotatable bonds is 11. The van der Waals surface area contributed by atoms with Crippen molar-refractivity contribution in [1.82, 2.24) is 4.98 Å². The molecule has 1 heterocycles. The second-order valence-electron chi connectivity index (χ2n) is 10.1. The molecule has 0 unspecified atom stereocenters. The minimum absolute atomic E-state index is 0.0558. The van der Waals surface area contributed by atoms with Crippen molar-refractivity contribution in [3.63, 3.8) is 0 Å². The first kappa shape index (κ1) is 29.2. The summed E-state index contributed by atoms with van der Waals surface area (Å²) in [7, 11) is 1.59. The molecule has 9 heteroatoms. The highest BCUT2D eigenvalue weighted by Gasteiger charge is 2.22. The van der Waals surface area contributed by atoms with Crippen molar-refractivity contribution in [2.24, 2.45) is 0 Å². The van der Waals surface area contributed by atoms with E-state index in [0.717, 1.165) is 51.4 Å². The normalized spacial score (nSPS) is 16.1. The van der Waals surface area contributed by atoms with Crippen LogP contribution < -0.4 is 14.2 Å². The van der Waals surface area contributed by atoms with Crippen molar-refractivity contribution in [2.75, 3.05) is 13.9 Å². The fraction of sp³-hybridized carbons (Fsp3) is 0.375. The number of carbonyl (C=O) groups is 1. The van der Waals surface area contributed by atoms with Crippen LogP contribution in [0.1, 0.15) is 72.9 Å². The molecule has 41 heavy (non-hydrogen) atoms. The van der Waals surface area contributed by atoms with Gasteiger partial charge in [-0.3, -0.25) is 4.98 Å². The minimum Gasteiger partial charge on any atom is -0.493 e. The Balaban J connectivity index is 1.45. The van der Waals surface area contributed by atoms with Crippen molar-refractivity contribution >= 4 is 41.0 Å². The summed E-state index contributed by atoms with van der Waals surface area (Å²) in [6, 6.07) is 12.3. The maximum atomic E-state index is 13.6. The van der Waals surface area contributed by atoms with Crippen LogP contribution in [-0.4, -0.2) is 37.1 Å². The predicted octanol–water partition coefficient (Wildman–Crippen LogP) is 8.37. The molecule has 5 rings (SSSR count). The number of hydrogen-bond acceptors (Lipinski definition) is 7. The van der Waals surface area contributed by atoms with Gasteiger partial charge in [0.2, 0.25) is 0 Å². The van der Waals surface area contributed by atoms with Gasteiger partial charge >= 0.3 is 5.97 Å². The van der Waals surface area contributed by atoms with E-state index >= 15 is 0 Å². The quantitative estimate of drug-likeness (QED) is 0.125. The Bertz CT molecular complexity index is 1360. The number of carbonyl (C=O) groups excluding carboxylic acids is 1. The van der Waals surface area contributed by atoms with E-state index in [4.69, 9.17) is 46.9 Å². The Kier molecular flexibility index (Phi) is 10.0. The van der Waals surface area contributed by atoms with E-state index in [0.29, 0.717) is 38.4 Å². The van der Waals surface area contributed by atoms with Crippen LogP contribution in [0.4, 0.5) is 0 Å². The second-order valence-corrected chi connectivity index (χ2v) is 11.0. The molecule has 2 aliphatic carbocycles. The molecule has 216 valence electrons. The van der Waals surface area contributed by atoms with E-state index in [1.54, 1.807) is 55.7 Å². The molecule has 0 radical (unpaired) electrons. The summed E-state index contributed by atoms with van der Waals surface area (Å²) < 4.78 is 29.6. The smallest absolute Gasteiger partial charge is 0.347 e. The zero-order valence-electron chi connectivity index (χ0n) is 22.9. The highest BCUT2D eigenvalue weighted by Crippen LogP contribution is 2.37. The molecule has 0 atom stereocenters. The summed E-state index contributed by atoms with van der Waals surface area (Å²) in [5.74, 6) is 1.14. The van der Waals surface area contributed by atoms with Crippen LogP contribution in [0.5, 0.6) is 17.2 Å². The van der Waals surface area contributed by atoms with E-state index in [1.807, 2.05) is 0 Å². The third kappa shape index (κ3) is 7.53. The van der Waals surface area contributed by atoms with E-state index in [9.17, 15) is 4.79 Å². The Hall–Kier alpha value is -3.26. The molecule has 3 aromatic rings. The highest BCUT2D eigenvalue weighted by atomic mass is 35.5. The molecule has 0 saturated heterocycles. The van der Waals surface area contributed by atoms with Crippen LogP contribution >= 0.6 is 23.2 Å². The maximum absolute atomic E-state index is 13.6. The number of ether oxygens (including phenoxy) is 5. The van der Waals surface area contributed by atoms with Crippen LogP contribution in [-0.2, 0) is 9.47 Å². The number of para-hydroxylation sites is 1. The largest absolute Gasteiger partial charge is 0.493 e. The van der Waals surface area contributed by atoms with Gasteiger partial charge in [-0.25, -0.2) is 4.79 Å². The lowest BCUT2D eigenvalue weighted by Gasteiger charge is -2.18. The molecule has 0 bridgehead atoms. The van der Waals surface area contributed by atoms with Gasteiger partial charge in [-0.2, -0.15) is 0 Å². The molecule has 0 amide bonds. The van der Waals surface area contributed by atoms with Gasteiger partial charge in [0, 0.05) is 23.5 Å². The average Bonchev–Trinajstić information content (AvgIpc) is 3.69. The Morgan fingerprint density at radius 2 is 1.59 bits per heavy atom. The number of methoxy groups -OCH3 is 1. The summed E-state index contributed by atoms with van der Waals surface area (Å²) in [5, 5.41) is 0.629. The lowest BCUT2D eigenvalue weighted by molar-refractivity contribution is -0.0328. The number of nitrogens with zero attached hydrogens (tertiary/aromatic N) is 1. The Morgan fingerprint density at radius 1 is 0.902 bits per heavy atom. The fourth-order valence-electron chi connectivity index (χ4n) is 5.13. The molecule has 7 nitrogen and oxygen atoms in total. The van der Waals surface area contributed by atoms with E-state index in [1.165, 1.54) is 12.4 Å². The van der Waals surface area contributed by atoms with Crippen LogP contribution in [0.2, 0.25) is 10.0 Å². The lowest BCUT2D eigenvalue weighted by atomic mass is 10.1. The van der Waals surface area contributed by atoms with Crippen LogP contribution in [0.25, 0.3) is 11.8 Å². The second kappa shape index (κ2) is 14.1. The molecule has 2 fully saturated rings. The number of aromatic nitrogens is 1. The van der Waals surface area contributed by atoms with Crippen molar-refractivity contribution < 1.29 is 28.5 Å². The first-order valence-corrected chi connectivity index (χ1v) is 14.7. The maximum Gasteiger partial charge on any atom is 0.347 e. The van der Waals surface area contributed by atoms with Gasteiger partial charge in [0.15, 0.2) is 18.3 Å². The van der Waals surface area contributed by atoms with Crippen molar-refractivity contribution in [3.05, 3.63) is 81.6 Å². The number of hydrogen-bond donors (Lipinski definition) is 0. The monoisotopic (exact) mass is 597 g/mol. The van der Waals surface area contributed by atoms with Crippen molar-refractivity contribution in [1.29, 1.82) is 0 Å². The van der Waals surface area contributed by atoms with E-state index < -0.39 is 5.97 Å². The van der Waals surface area contributed by atoms with Gasteiger partial charge in [0.1, 0.15) is 17.1 Å². The summed E-state index contributed by atoms with van der Waals surface area (Å²) >= 11 is 12.9. The summed E-state index contributed by atoms with van der Waals surface area (Å²) in [6.45, 7) is 0.0558. The Morgan fingerprint density at radius 3 is 2.29 bits per heavy atom. The zero-order chi connectivity index (χ0) is 28.6. The number of esters is 1. The average molecular weight is 599 g/mol. The number of benzene rings is 2. The first-order chi connectivity index (χ1) is 20.0. The SMILES string of the molecule is COc1ccc(C(=Cc2c(Cl)cncc2Cl)OC(=O)c2ccccc2OCOC2CCCC2)cc1OC1CCCC1. The van der Waals surface area contributed by atoms with Gasteiger partial charge in [0.05, 0.1) is 29.4 Å². The first-order valence-electron chi connectivity index (χ1n) is 13.9. The summed E-state index contributed by atoms with van der Waals surface area (Å²) in [6.07, 6.45) is 13.5. The molecule has 0 N–H and O–H groups in total. The molecule has 0 spiro atoms. The highest BCUT2D eigenvalue weighted by molar-refractivity contribution is 6.37. The van der Waals surface area contributed by atoms with Crippen LogP contribution in [0.3, 0.4) is 0 Å². The molecule has 2 saturated carbocycles. The molecular formula is C32H33Cl2NO6. The van der Waals surface area contributed by atoms with Gasteiger partial charge in [-0.15, -0.1) is 0 Å². The third-order valence-electron chi connectivity index (χ3n) is 7.34. The van der Waals surface area contributed by atoms with Gasteiger partial charge in [0.25, 0.3) is 0 Å². The zero-order valence-corrected chi connectivity index (χ0v) is 24.5. The predicted molar refractivity (Wildman–Crippen MR) is 159 cm³/mol. The van der Waals surface area contributed by atoms with Crippen LogP contribution in [0.15, 0.2) is 54.9 Å². The summed E-state index contributed by atoms with van der Waals surface area (Å²) in [4.78, 5) is 17.6. The Labute approximate surface area is 250 Å². The summed E-state index contributed by atoms with van der Waals surface area (Å²) in [5.41, 5.74) is 1.31. The molecule has 2 aromatic carbocycles. The van der Waals surface area contributed by atoms with Crippen molar-refractivity contribution in [2.45, 2.75) is 63.6 Å². The topological polar surface area (TPSA) is 76.1 Å². The standard InChI is InChI=1S/C32H33Cl2NO6/c1-37-29-15-14-21(16-31(29)40-23-10-4-5-11-23)30(17-25-26(33)18-35-19-27(25)34)41-32(36)24-12-6-7-13-28(24)39-20-38-22-8-2-3-9-22/h6-7,12-19,22-23H,2-5,8-11,20H2,1H3. The fourth-order valence-corrected chi connectivity index (χ4v) is 5.61. The number of halogens is 2. The van der Waals surface area contributed by atoms with Gasteiger partial charge < -0.3 is 23.7 Å². The lowest BCUT2D eigenvalue weighted by Crippen LogP contribution is -2.14. The number of pyridine rings is 1.